The maximum atomic E-state index is 10.1. The highest BCUT2D eigenvalue weighted by atomic mass is 16.7. The van der Waals surface area contributed by atoms with Crippen molar-refractivity contribution in [3.8, 4) is 0 Å². The van der Waals surface area contributed by atoms with Crippen molar-refractivity contribution in [3.05, 3.63) is 0 Å². The van der Waals surface area contributed by atoms with E-state index >= 15 is 0 Å². The van der Waals surface area contributed by atoms with E-state index in [1.807, 2.05) is 0 Å². The molecule has 15 heavy (non-hydrogen) atoms. The lowest BCUT2D eigenvalue weighted by molar-refractivity contribution is -0.166. The Kier molecular flexibility index (Phi) is 15.1. The number of carbonyl (C=O) groups is 1. The molecule has 0 saturated heterocycles. The number of ether oxygens (including phenoxy) is 2. The zero-order chi connectivity index (χ0) is 12.1. The first-order valence-electron chi connectivity index (χ1n) is 5.78. The number of hydrogen-bond donors (Lipinski definition) is 0. The standard InChI is InChI=1S/C7H16.C5H10O3/c1-3-5-7-6-4-2;1-4(6)8-5(2)7-3/h3-7H2,1-2H3;5H,1-3H3. The van der Waals surface area contributed by atoms with Crippen LogP contribution in [-0.2, 0) is 14.3 Å². The van der Waals surface area contributed by atoms with E-state index in [1.165, 1.54) is 46.1 Å². The van der Waals surface area contributed by atoms with Crippen LogP contribution in [0.2, 0.25) is 0 Å². The molecule has 0 aliphatic carbocycles. The Balaban J connectivity index is 0. The molecule has 1 atom stereocenters. The first-order valence-corrected chi connectivity index (χ1v) is 5.78. The van der Waals surface area contributed by atoms with Gasteiger partial charge in [0.15, 0.2) is 6.29 Å². The zero-order valence-electron chi connectivity index (χ0n) is 10.8. The van der Waals surface area contributed by atoms with E-state index in [4.69, 9.17) is 0 Å². The highest BCUT2D eigenvalue weighted by molar-refractivity contribution is 5.65. The molecule has 92 valence electrons. The summed E-state index contributed by atoms with van der Waals surface area (Å²) in [5.74, 6) is -0.320. The van der Waals surface area contributed by atoms with E-state index in [0.29, 0.717) is 0 Å². The molecule has 0 aliphatic heterocycles. The summed E-state index contributed by atoms with van der Waals surface area (Å²) in [5.41, 5.74) is 0. The number of methoxy groups -OCH3 is 1. The second-order valence-corrected chi connectivity index (χ2v) is 3.47. The van der Waals surface area contributed by atoms with Crippen molar-refractivity contribution in [3.63, 3.8) is 0 Å². The third-order valence-electron chi connectivity index (χ3n) is 1.87. The van der Waals surface area contributed by atoms with Gasteiger partial charge in [0, 0.05) is 14.0 Å². The van der Waals surface area contributed by atoms with Crippen LogP contribution in [0.3, 0.4) is 0 Å². The van der Waals surface area contributed by atoms with Crippen molar-refractivity contribution < 1.29 is 14.3 Å². The molecule has 3 nitrogen and oxygen atoms in total. The van der Waals surface area contributed by atoms with Crippen LogP contribution in [0.1, 0.15) is 59.8 Å². The van der Waals surface area contributed by atoms with Crippen molar-refractivity contribution in [2.24, 2.45) is 0 Å². The molecule has 0 aromatic carbocycles. The number of esters is 1. The molecule has 0 spiro atoms. The Morgan fingerprint density at radius 1 is 1.13 bits per heavy atom. The third-order valence-corrected chi connectivity index (χ3v) is 1.87. The molecule has 0 rings (SSSR count). The highest BCUT2D eigenvalue weighted by Gasteiger charge is 1.99. The highest BCUT2D eigenvalue weighted by Crippen LogP contribution is 2.00. The van der Waals surface area contributed by atoms with Gasteiger partial charge in [-0.05, 0) is 6.92 Å². The molecular formula is C12H26O3. The van der Waals surface area contributed by atoms with Gasteiger partial charge in [-0.1, -0.05) is 46.0 Å². The summed E-state index contributed by atoms with van der Waals surface area (Å²) in [6, 6.07) is 0. The summed E-state index contributed by atoms with van der Waals surface area (Å²) in [6.07, 6.45) is 6.58. The van der Waals surface area contributed by atoms with Gasteiger partial charge < -0.3 is 9.47 Å². The average molecular weight is 218 g/mol. The molecule has 0 heterocycles. The minimum atomic E-state index is -0.424. The van der Waals surface area contributed by atoms with E-state index in [9.17, 15) is 4.79 Å². The van der Waals surface area contributed by atoms with E-state index < -0.39 is 6.29 Å². The molecule has 0 aliphatic rings. The van der Waals surface area contributed by atoms with Gasteiger partial charge in [0.25, 0.3) is 0 Å². The van der Waals surface area contributed by atoms with Crippen LogP contribution in [0.25, 0.3) is 0 Å². The predicted octanol–water partition coefficient (Wildman–Crippen LogP) is 3.52. The predicted molar refractivity (Wildman–Crippen MR) is 62.7 cm³/mol. The van der Waals surface area contributed by atoms with Crippen molar-refractivity contribution in [1.29, 1.82) is 0 Å². The van der Waals surface area contributed by atoms with Gasteiger partial charge in [0.1, 0.15) is 0 Å². The van der Waals surface area contributed by atoms with Crippen LogP contribution >= 0.6 is 0 Å². The lowest BCUT2D eigenvalue weighted by Crippen LogP contribution is -2.13. The average Bonchev–Trinajstić information content (AvgIpc) is 2.18. The summed E-state index contributed by atoms with van der Waals surface area (Å²) < 4.78 is 9.16. The smallest absolute Gasteiger partial charge is 0.304 e. The largest absolute Gasteiger partial charge is 0.436 e. The number of unbranched alkanes of at least 4 members (excludes halogenated alkanes) is 4. The Bertz CT molecular complexity index is 131. The Labute approximate surface area is 94.1 Å². The fourth-order valence-corrected chi connectivity index (χ4v) is 0.959. The Morgan fingerprint density at radius 2 is 1.60 bits per heavy atom. The molecule has 3 heteroatoms. The van der Waals surface area contributed by atoms with Crippen molar-refractivity contribution in [2.75, 3.05) is 7.11 Å². The van der Waals surface area contributed by atoms with E-state index in [1.54, 1.807) is 6.92 Å². The van der Waals surface area contributed by atoms with Crippen molar-refractivity contribution >= 4 is 5.97 Å². The fraction of sp³-hybridized carbons (Fsp3) is 0.917. The van der Waals surface area contributed by atoms with E-state index in [0.717, 1.165) is 0 Å². The fourth-order valence-electron chi connectivity index (χ4n) is 0.959. The van der Waals surface area contributed by atoms with Crippen LogP contribution in [0, 0.1) is 0 Å². The minimum Gasteiger partial charge on any atom is -0.436 e. The van der Waals surface area contributed by atoms with Gasteiger partial charge in [-0.15, -0.1) is 0 Å². The molecule has 1 unspecified atom stereocenters. The van der Waals surface area contributed by atoms with E-state index in [2.05, 4.69) is 23.3 Å². The summed E-state index contributed by atoms with van der Waals surface area (Å²) in [6.45, 7) is 7.49. The summed E-state index contributed by atoms with van der Waals surface area (Å²) in [7, 11) is 1.48. The summed E-state index contributed by atoms with van der Waals surface area (Å²) in [5, 5.41) is 0. The number of hydrogen-bond acceptors (Lipinski definition) is 3. The molecule has 0 bridgehead atoms. The molecule has 0 fully saturated rings. The van der Waals surface area contributed by atoms with Gasteiger partial charge in [0.05, 0.1) is 0 Å². The number of carbonyl (C=O) groups excluding carboxylic acids is 1. The van der Waals surface area contributed by atoms with Crippen LogP contribution in [-0.4, -0.2) is 19.4 Å². The molecule has 0 amide bonds. The first kappa shape index (κ1) is 16.8. The maximum Gasteiger partial charge on any atom is 0.304 e. The molecule has 0 aromatic rings. The van der Waals surface area contributed by atoms with Crippen molar-refractivity contribution in [2.45, 2.75) is 66.1 Å². The van der Waals surface area contributed by atoms with Gasteiger partial charge in [-0.3, -0.25) is 4.79 Å². The second kappa shape index (κ2) is 13.4. The Morgan fingerprint density at radius 3 is 1.80 bits per heavy atom. The number of rotatable bonds is 6. The monoisotopic (exact) mass is 218 g/mol. The van der Waals surface area contributed by atoms with Crippen LogP contribution in [0.15, 0.2) is 0 Å². The molecule has 0 radical (unpaired) electrons. The first-order chi connectivity index (χ1) is 7.08. The molecular weight excluding hydrogens is 192 g/mol. The molecule has 0 N–H and O–H groups in total. The summed E-state index contributed by atoms with van der Waals surface area (Å²) in [4.78, 5) is 10.1. The summed E-state index contributed by atoms with van der Waals surface area (Å²) >= 11 is 0. The second-order valence-electron chi connectivity index (χ2n) is 3.47. The maximum absolute atomic E-state index is 10.1. The van der Waals surface area contributed by atoms with Gasteiger partial charge >= 0.3 is 5.97 Å². The van der Waals surface area contributed by atoms with Crippen LogP contribution in [0.5, 0.6) is 0 Å². The van der Waals surface area contributed by atoms with E-state index in [-0.39, 0.29) is 5.97 Å². The molecule has 0 saturated carbocycles. The quantitative estimate of drug-likeness (QED) is 0.389. The van der Waals surface area contributed by atoms with Gasteiger partial charge in [-0.2, -0.15) is 0 Å². The third kappa shape index (κ3) is 19.7. The molecule has 0 aromatic heterocycles. The van der Waals surface area contributed by atoms with Crippen LogP contribution in [0.4, 0.5) is 0 Å². The normalized spacial score (nSPS) is 11.3. The Hall–Kier alpha value is -0.570. The lowest BCUT2D eigenvalue weighted by atomic mass is 10.2. The SMILES string of the molecule is CCCCCCC.COC(C)OC(C)=O. The van der Waals surface area contributed by atoms with Crippen molar-refractivity contribution in [1.82, 2.24) is 0 Å². The van der Waals surface area contributed by atoms with Gasteiger partial charge in [0.2, 0.25) is 0 Å². The topological polar surface area (TPSA) is 35.5 Å². The minimum absolute atomic E-state index is 0.320. The van der Waals surface area contributed by atoms with Gasteiger partial charge in [-0.25, -0.2) is 0 Å². The zero-order valence-corrected chi connectivity index (χ0v) is 10.8. The lowest BCUT2D eigenvalue weighted by Gasteiger charge is -2.07. The van der Waals surface area contributed by atoms with Crippen LogP contribution < -0.4 is 0 Å².